The number of hydrogen-bond acceptors (Lipinski definition) is 2. The number of pyridine rings is 1. The smallest absolute Gasteiger partial charge is 0.253 e. The third kappa shape index (κ3) is 2.35. The van der Waals surface area contributed by atoms with Crippen LogP contribution in [0.1, 0.15) is 38.8 Å². The summed E-state index contributed by atoms with van der Waals surface area (Å²) in [7, 11) is 1.80. The highest BCUT2D eigenvalue weighted by molar-refractivity contribution is 5.65. The average molecular weight is 259 g/mol. The molecule has 0 atom stereocenters. The molecule has 0 aliphatic carbocycles. The molecule has 4 nitrogen and oxygen atoms in total. The second-order valence-corrected chi connectivity index (χ2v) is 5.89. The van der Waals surface area contributed by atoms with Crippen LogP contribution in [0, 0.1) is 0 Å². The Hall–Kier alpha value is -1.84. The number of nitrogens with one attached hydrogen (secondary N) is 1. The number of H-pyrrole nitrogens is 1. The van der Waals surface area contributed by atoms with Crippen LogP contribution in [0.25, 0.3) is 11.3 Å². The maximum absolute atomic E-state index is 12.3. The monoisotopic (exact) mass is 259 g/mol. The average Bonchev–Trinajstić information content (AvgIpc) is 2.83. The molecule has 0 aliphatic rings. The van der Waals surface area contributed by atoms with Gasteiger partial charge in [0, 0.05) is 30.6 Å². The van der Waals surface area contributed by atoms with Gasteiger partial charge >= 0.3 is 0 Å². The molecule has 0 spiro atoms. The van der Waals surface area contributed by atoms with Gasteiger partial charge < -0.3 is 4.57 Å². The minimum atomic E-state index is -0.0841. The van der Waals surface area contributed by atoms with Gasteiger partial charge in [-0.1, -0.05) is 27.7 Å². The Bertz CT molecular complexity index is 631. The lowest BCUT2D eigenvalue weighted by atomic mass is 9.80. The standard InChI is InChI=1S/C15H21N3O/c1-6-10-13(15(2,3)4)11(9-18(5)14(10)19)12-7-8-16-17-12/h7-9H,6H2,1-5H3,(H,16,17). The molecule has 102 valence electrons. The van der Waals surface area contributed by atoms with Crippen LogP contribution in [0.3, 0.4) is 0 Å². The van der Waals surface area contributed by atoms with Crippen molar-refractivity contribution >= 4 is 0 Å². The first kappa shape index (κ1) is 13.6. The lowest BCUT2D eigenvalue weighted by Gasteiger charge is -2.26. The van der Waals surface area contributed by atoms with Crippen LogP contribution < -0.4 is 5.56 Å². The number of hydrogen-bond donors (Lipinski definition) is 1. The Kier molecular flexibility index (Phi) is 3.35. The predicted octanol–water partition coefficient (Wildman–Crippen LogP) is 2.64. The minimum Gasteiger partial charge on any atom is -0.318 e. The molecule has 2 aromatic rings. The number of aryl methyl sites for hydroxylation is 1. The summed E-state index contributed by atoms with van der Waals surface area (Å²) in [6.45, 7) is 8.45. The molecule has 2 aromatic heterocycles. The van der Waals surface area contributed by atoms with E-state index in [0.29, 0.717) is 0 Å². The van der Waals surface area contributed by atoms with Gasteiger partial charge in [0.25, 0.3) is 5.56 Å². The minimum absolute atomic E-state index is 0.0841. The van der Waals surface area contributed by atoms with E-state index in [1.165, 1.54) is 0 Å². The highest BCUT2D eigenvalue weighted by Crippen LogP contribution is 2.33. The molecule has 2 rings (SSSR count). The molecule has 0 unspecified atom stereocenters. The molecule has 4 heteroatoms. The summed E-state index contributed by atoms with van der Waals surface area (Å²) in [6, 6.07) is 1.94. The van der Waals surface area contributed by atoms with E-state index in [-0.39, 0.29) is 11.0 Å². The van der Waals surface area contributed by atoms with Gasteiger partial charge in [-0.15, -0.1) is 0 Å². The zero-order valence-electron chi connectivity index (χ0n) is 12.2. The second kappa shape index (κ2) is 4.68. The van der Waals surface area contributed by atoms with Gasteiger partial charge in [0.05, 0.1) is 5.69 Å². The largest absolute Gasteiger partial charge is 0.318 e. The van der Waals surface area contributed by atoms with Crippen molar-refractivity contribution in [2.75, 3.05) is 0 Å². The topological polar surface area (TPSA) is 50.7 Å². The first-order valence-electron chi connectivity index (χ1n) is 6.59. The van der Waals surface area contributed by atoms with Gasteiger partial charge in [0.2, 0.25) is 0 Å². The molecule has 0 aliphatic heterocycles. The summed E-state index contributed by atoms with van der Waals surface area (Å²) in [5, 5.41) is 7.02. The van der Waals surface area contributed by atoms with Crippen molar-refractivity contribution in [1.82, 2.24) is 14.8 Å². The normalized spacial score (nSPS) is 11.8. The van der Waals surface area contributed by atoms with Crippen LogP contribution in [0.2, 0.25) is 0 Å². The van der Waals surface area contributed by atoms with Crippen molar-refractivity contribution in [2.45, 2.75) is 39.5 Å². The van der Waals surface area contributed by atoms with Crippen molar-refractivity contribution in [3.05, 3.63) is 39.9 Å². The van der Waals surface area contributed by atoms with Gasteiger partial charge in [-0.25, -0.2) is 0 Å². The molecule has 0 fully saturated rings. The van der Waals surface area contributed by atoms with Gasteiger partial charge in [0.15, 0.2) is 0 Å². The van der Waals surface area contributed by atoms with Crippen LogP contribution in [0.5, 0.6) is 0 Å². The summed E-state index contributed by atoms with van der Waals surface area (Å²) in [5.41, 5.74) is 4.03. The fourth-order valence-electron chi connectivity index (χ4n) is 2.59. The highest BCUT2D eigenvalue weighted by atomic mass is 16.1. The van der Waals surface area contributed by atoms with Gasteiger partial charge in [-0.2, -0.15) is 5.10 Å². The maximum atomic E-state index is 12.3. The Balaban J connectivity index is 2.87. The summed E-state index contributed by atoms with van der Waals surface area (Å²) in [4.78, 5) is 12.3. The first-order chi connectivity index (χ1) is 8.86. The predicted molar refractivity (Wildman–Crippen MR) is 77.3 cm³/mol. The van der Waals surface area contributed by atoms with Crippen molar-refractivity contribution in [2.24, 2.45) is 7.05 Å². The molecule has 0 aromatic carbocycles. The fourth-order valence-corrected chi connectivity index (χ4v) is 2.59. The fraction of sp³-hybridized carbons (Fsp3) is 0.467. The van der Waals surface area contributed by atoms with Crippen molar-refractivity contribution < 1.29 is 0 Å². The van der Waals surface area contributed by atoms with Gasteiger partial charge in [-0.3, -0.25) is 9.89 Å². The molecule has 0 saturated heterocycles. The third-order valence-corrected chi connectivity index (χ3v) is 3.37. The summed E-state index contributed by atoms with van der Waals surface area (Å²) < 4.78 is 1.66. The van der Waals surface area contributed by atoms with Crippen LogP contribution in [0.15, 0.2) is 23.3 Å². The van der Waals surface area contributed by atoms with Crippen LogP contribution in [-0.2, 0) is 18.9 Å². The number of aromatic nitrogens is 3. The first-order valence-corrected chi connectivity index (χ1v) is 6.59. The molecule has 0 bridgehead atoms. The number of aromatic amines is 1. The molecule has 2 heterocycles. The van der Waals surface area contributed by atoms with Gasteiger partial charge in [-0.05, 0) is 23.5 Å². The Labute approximate surface area is 113 Å². The van der Waals surface area contributed by atoms with Crippen LogP contribution >= 0.6 is 0 Å². The zero-order chi connectivity index (χ0) is 14.2. The molecular weight excluding hydrogens is 238 g/mol. The lowest BCUT2D eigenvalue weighted by molar-refractivity contribution is 0.578. The lowest BCUT2D eigenvalue weighted by Crippen LogP contribution is -2.28. The van der Waals surface area contributed by atoms with Crippen LogP contribution in [-0.4, -0.2) is 14.8 Å². The molecule has 0 amide bonds. The SMILES string of the molecule is CCc1c(C(C)(C)C)c(-c2ccn[nH]2)cn(C)c1=O. The van der Waals surface area contributed by atoms with E-state index in [4.69, 9.17) is 0 Å². The summed E-state index contributed by atoms with van der Waals surface area (Å²) in [5.74, 6) is 0. The van der Waals surface area contributed by atoms with Crippen molar-refractivity contribution in [1.29, 1.82) is 0 Å². The van der Waals surface area contributed by atoms with Crippen molar-refractivity contribution in [3.8, 4) is 11.3 Å². The molecule has 0 saturated carbocycles. The quantitative estimate of drug-likeness (QED) is 0.901. The second-order valence-electron chi connectivity index (χ2n) is 5.89. The number of rotatable bonds is 2. The van der Waals surface area contributed by atoms with E-state index in [0.717, 1.165) is 28.8 Å². The molecule has 0 radical (unpaired) electrons. The molecule has 1 N–H and O–H groups in total. The summed E-state index contributed by atoms with van der Waals surface area (Å²) >= 11 is 0. The number of nitrogens with zero attached hydrogens (tertiary/aromatic N) is 2. The van der Waals surface area contributed by atoms with E-state index >= 15 is 0 Å². The zero-order valence-corrected chi connectivity index (χ0v) is 12.2. The molecule has 19 heavy (non-hydrogen) atoms. The molecular formula is C15H21N3O. The summed E-state index contributed by atoms with van der Waals surface area (Å²) in [6.07, 6.45) is 4.37. The van der Waals surface area contributed by atoms with Crippen molar-refractivity contribution in [3.63, 3.8) is 0 Å². The Morgan fingerprint density at radius 2 is 2.05 bits per heavy atom. The van der Waals surface area contributed by atoms with E-state index in [1.54, 1.807) is 17.8 Å². The Morgan fingerprint density at radius 3 is 2.53 bits per heavy atom. The van der Waals surface area contributed by atoms with Gasteiger partial charge in [0.1, 0.15) is 0 Å². The van der Waals surface area contributed by atoms with E-state index in [9.17, 15) is 4.79 Å². The highest BCUT2D eigenvalue weighted by Gasteiger charge is 2.25. The van der Waals surface area contributed by atoms with E-state index in [1.807, 2.05) is 19.2 Å². The maximum Gasteiger partial charge on any atom is 0.253 e. The Morgan fingerprint density at radius 1 is 1.37 bits per heavy atom. The third-order valence-electron chi connectivity index (χ3n) is 3.37. The van der Waals surface area contributed by atoms with Crippen LogP contribution in [0.4, 0.5) is 0 Å². The van der Waals surface area contributed by atoms with E-state index < -0.39 is 0 Å². The van der Waals surface area contributed by atoms with E-state index in [2.05, 4.69) is 31.0 Å².